The highest BCUT2D eigenvalue weighted by atomic mass is 16.7. The number of nitrogens with two attached hydrogens (primary N) is 1. The maximum Gasteiger partial charge on any atom is 0.184 e. The Labute approximate surface area is 213 Å². The monoisotopic (exact) mass is 488 g/mol. The molecule has 2 aliphatic heterocycles. The van der Waals surface area contributed by atoms with E-state index < -0.39 is 6.29 Å². The van der Waals surface area contributed by atoms with E-state index in [1.807, 2.05) is 36.4 Å². The third kappa shape index (κ3) is 5.39. The van der Waals surface area contributed by atoms with Gasteiger partial charge in [-0.3, -0.25) is 4.90 Å². The zero-order valence-corrected chi connectivity index (χ0v) is 20.8. The number of aliphatic hydroxyl groups excluding tert-OH is 2. The highest BCUT2D eigenvalue weighted by Gasteiger charge is 2.39. The number of nitrogens with zero attached hydrogens (tertiary/aromatic N) is 1. The minimum atomic E-state index is -0.500. The fourth-order valence-corrected chi connectivity index (χ4v) is 5.36. The van der Waals surface area contributed by atoms with E-state index in [4.69, 9.17) is 15.2 Å². The van der Waals surface area contributed by atoms with Crippen LogP contribution < -0.4 is 5.73 Å². The summed E-state index contributed by atoms with van der Waals surface area (Å²) in [4.78, 5) is 2.28. The van der Waals surface area contributed by atoms with E-state index in [-0.39, 0.29) is 30.8 Å². The van der Waals surface area contributed by atoms with E-state index in [0.29, 0.717) is 13.1 Å². The lowest BCUT2D eigenvalue weighted by Gasteiger charge is -2.42. The van der Waals surface area contributed by atoms with Gasteiger partial charge in [0.15, 0.2) is 6.29 Å². The van der Waals surface area contributed by atoms with E-state index in [1.165, 1.54) is 0 Å². The summed E-state index contributed by atoms with van der Waals surface area (Å²) in [6.45, 7) is 5.00. The van der Waals surface area contributed by atoms with Crippen LogP contribution in [-0.2, 0) is 22.6 Å². The zero-order valence-electron chi connectivity index (χ0n) is 20.8. The van der Waals surface area contributed by atoms with Gasteiger partial charge in [0.25, 0.3) is 0 Å². The summed E-state index contributed by atoms with van der Waals surface area (Å²) in [6, 6.07) is 24.5. The van der Waals surface area contributed by atoms with Gasteiger partial charge in [-0.25, -0.2) is 0 Å². The molecule has 4 N–H and O–H groups in total. The molecule has 0 bridgehead atoms. The molecule has 2 fully saturated rings. The topological polar surface area (TPSA) is 88.2 Å². The molecule has 0 spiro atoms. The van der Waals surface area contributed by atoms with Crippen molar-refractivity contribution < 1.29 is 19.7 Å². The van der Waals surface area contributed by atoms with Crippen molar-refractivity contribution in [2.45, 2.75) is 51.1 Å². The van der Waals surface area contributed by atoms with Crippen LogP contribution in [0.5, 0.6) is 0 Å². The van der Waals surface area contributed by atoms with Gasteiger partial charge in [-0.2, -0.15) is 0 Å². The second kappa shape index (κ2) is 11.2. The molecule has 0 radical (unpaired) electrons. The minimum Gasteiger partial charge on any atom is -0.392 e. The SMILES string of the molecule is C[C@H]1[C@@H](CN2CC[C@H](O)C2)O[C@@H](c2ccc(-c3ccccc3CN)cc2)O[C@H]1c1ccc(CO)cc1. The predicted octanol–water partition coefficient (Wildman–Crippen LogP) is 4.16. The van der Waals surface area contributed by atoms with Gasteiger partial charge in [0, 0.05) is 37.7 Å². The molecule has 5 rings (SSSR count). The van der Waals surface area contributed by atoms with Gasteiger partial charge >= 0.3 is 0 Å². The first-order chi connectivity index (χ1) is 17.6. The summed E-state index contributed by atoms with van der Waals surface area (Å²) in [5.41, 5.74) is 12.2. The standard InChI is InChI=1S/C30H36N2O4/c1-20-28(18-32-15-14-26(34)17-32)35-30(36-29(20)23-8-6-21(19-33)7-9-23)24-12-10-22(11-13-24)27-5-3-2-4-25(27)16-31/h2-13,20,26,28-30,33-34H,14-19,31H2,1H3/t20-,26-,28+,29+,30+/m0/s1. The van der Waals surface area contributed by atoms with E-state index >= 15 is 0 Å². The molecule has 2 aliphatic rings. The van der Waals surface area contributed by atoms with Crippen molar-refractivity contribution >= 4 is 0 Å². The normalized spacial score (nSPS) is 26.8. The third-order valence-electron chi connectivity index (χ3n) is 7.54. The van der Waals surface area contributed by atoms with Crippen LogP contribution in [0.1, 0.15) is 48.0 Å². The molecule has 0 aliphatic carbocycles. The van der Waals surface area contributed by atoms with Crippen LogP contribution in [0.3, 0.4) is 0 Å². The average molecular weight is 489 g/mol. The van der Waals surface area contributed by atoms with Crippen LogP contribution in [0.25, 0.3) is 11.1 Å². The van der Waals surface area contributed by atoms with Gasteiger partial charge in [0.2, 0.25) is 0 Å². The second-order valence-corrected chi connectivity index (χ2v) is 10.0. The zero-order chi connectivity index (χ0) is 25.1. The molecule has 36 heavy (non-hydrogen) atoms. The summed E-state index contributed by atoms with van der Waals surface area (Å²) in [5, 5.41) is 19.5. The summed E-state index contributed by atoms with van der Waals surface area (Å²) < 4.78 is 13.1. The van der Waals surface area contributed by atoms with E-state index in [2.05, 4.69) is 48.2 Å². The van der Waals surface area contributed by atoms with E-state index in [0.717, 1.165) is 52.9 Å². The Bertz CT molecular complexity index is 1130. The molecule has 2 heterocycles. The van der Waals surface area contributed by atoms with Gasteiger partial charge in [-0.15, -0.1) is 0 Å². The molecule has 0 amide bonds. The second-order valence-electron chi connectivity index (χ2n) is 10.0. The first-order valence-corrected chi connectivity index (χ1v) is 12.8. The minimum absolute atomic E-state index is 0.0205. The Morgan fingerprint density at radius 1 is 0.944 bits per heavy atom. The first kappa shape index (κ1) is 25.1. The van der Waals surface area contributed by atoms with Crippen molar-refractivity contribution in [1.82, 2.24) is 4.90 Å². The summed E-state index contributed by atoms with van der Waals surface area (Å²) >= 11 is 0. The third-order valence-corrected chi connectivity index (χ3v) is 7.54. The number of hydrogen-bond acceptors (Lipinski definition) is 6. The molecule has 3 aromatic rings. The molecule has 2 saturated heterocycles. The molecule has 6 heteroatoms. The molecule has 6 nitrogen and oxygen atoms in total. The Kier molecular flexibility index (Phi) is 7.82. The van der Waals surface area contributed by atoms with Gasteiger partial charge in [-0.1, -0.05) is 79.7 Å². The molecule has 190 valence electrons. The van der Waals surface area contributed by atoms with Crippen molar-refractivity contribution in [3.05, 3.63) is 95.1 Å². The fraction of sp³-hybridized carbons (Fsp3) is 0.400. The van der Waals surface area contributed by atoms with Crippen LogP contribution >= 0.6 is 0 Å². The lowest BCUT2D eigenvalue weighted by molar-refractivity contribution is -0.276. The molecular weight excluding hydrogens is 452 g/mol. The van der Waals surface area contributed by atoms with E-state index in [1.54, 1.807) is 0 Å². The molecule has 0 aromatic heterocycles. The number of hydrogen-bond donors (Lipinski definition) is 3. The highest BCUT2D eigenvalue weighted by molar-refractivity contribution is 5.67. The smallest absolute Gasteiger partial charge is 0.184 e. The maximum atomic E-state index is 10.0. The van der Waals surface area contributed by atoms with Crippen LogP contribution in [0.2, 0.25) is 0 Å². The van der Waals surface area contributed by atoms with Gasteiger partial charge in [0.05, 0.1) is 24.9 Å². The number of ether oxygens (including phenoxy) is 2. The fourth-order valence-electron chi connectivity index (χ4n) is 5.36. The average Bonchev–Trinajstić information content (AvgIpc) is 3.34. The Hall–Kier alpha value is -2.58. The van der Waals surface area contributed by atoms with Crippen molar-refractivity contribution in [2.24, 2.45) is 11.7 Å². The number of likely N-dealkylation sites (tertiary alicyclic amines) is 1. The highest BCUT2D eigenvalue weighted by Crippen LogP contribution is 2.42. The van der Waals surface area contributed by atoms with Gasteiger partial charge < -0.3 is 25.4 Å². The lowest BCUT2D eigenvalue weighted by Crippen LogP contribution is -2.44. The number of β-amino-alcohol motifs (C(OH)–C–C–N with tert-alkyl or cyclic N) is 1. The van der Waals surface area contributed by atoms with Crippen LogP contribution in [-0.4, -0.2) is 47.0 Å². The number of benzene rings is 3. The molecule has 0 saturated carbocycles. The molecular formula is C30H36N2O4. The molecule has 0 unspecified atom stereocenters. The quantitative estimate of drug-likeness (QED) is 0.463. The molecule has 3 aromatic carbocycles. The Morgan fingerprint density at radius 3 is 2.33 bits per heavy atom. The maximum absolute atomic E-state index is 10.0. The number of aliphatic hydroxyl groups is 2. The first-order valence-electron chi connectivity index (χ1n) is 12.8. The largest absolute Gasteiger partial charge is 0.392 e. The van der Waals surface area contributed by atoms with Crippen LogP contribution in [0.15, 0.2) is 72.8 Å². The summed E-state index contributed by atoms with van der Waals surface area (Å²) in [6.07, 6.45) is -0.152. The van der Waals surface area contributed by atoms with E-state index in [9.17, 15) is 10.2 Å². The van der Waals surface area contributed by atoms with Crippen molar-refractivity contribution in [2.75, 3.05) is 19.6 Å². The van der Waals surface area contributed by atoms with Gasteiger partial charge in [0.1, 0.15) is 0 Å². The van der Waals surface area contributed by atoms with Gasteiger partial charge in [-0.05, 0) is 34.2 Å². The van der Waals surface area contributed by atoms with Crippen LogP contribution in [0.4, 0.5) is 0 Å². The predicted molar refractivity (Wildman–Crippen MR) is 140 cm³/mol. The number of rotatable bonds is 7. The van der Waals surface area contributed by atoms with Crippen molar-refractivity contribution in [3.8, 4) is 11.1 Å². The van der Waals surface area contributed by atoms with Crippen molar-refractivity contribution in [1.29, 1.82) is 0 Å². The Balaban J connectivity index is 1.41. The van der Waals surface area contributed by atoms with Crippen LogP contribution in [0, 0.1) is 5.92 Å². The Morgan fingerprint density at radius 2 is 1.67 bits per heavy atom. The lowest BCUT2D eigenvalue weighted by atomic mass is 9.90. The molecule has 5 atom stereocenters. The summed E-state index contributed by atoms with van der Waals surface area (Å²) in [7, 11) is 0. The summed E-state index contributed by atoms with van der Waals surface area (Å²) in [5.74, 6) is 0.120. The van der Waals surface area contributed by atoms with Crippen molar-refractivity contribution in [3.63, 3.8) is 0 Å².